The van der Waals surface area contributed by atoms with Gasteiger partial charge in [0.1, 0.15) is 6.04 Å². The van der Waals surface area contributed by atoms with Crippen molar-refractivity contribution in [2.24, 2.45) is 5.92 Å². The Balaban J connectivity index is 1.91. The average Bonchev–Trinajstić information content (AvgIpc) is 3.13. The van der Waals surface area contributed by atoms with Gasteiger partial charge in [0.15, 0.2) is 0 Å². The Hall–Kier alpha value is -1.73. The van der Waals surface area contributed by atoms with E-state index in [1.807, 2.05) is 18.2 Å². The topological polar surface area (TPSA) is 81.7 Å². The van der Waals surface area contributed by atoms with Gasteiger partial charge in [0, 0.05) is 17.3 Å². The standard InChI is InChI=1S/C16H21NO5S/c1-21-16(19)14(17-15(18)12-7-9-22-11-12)8-10-23(20)13-5-3-2-4-6-13/h2-6,12,14H,7-11H2,1H3,(H,17,18)/t12-,14-,23-/m1/s1. The normalized spacial score (nSPS) is 19.8. The van der Waals surface area contributed by atoms with Gasteiger partial charge in [-0.25, -0.2) is 4.79 Å². The van der Waals surface area contributed by atoms with Crippen LogP contribution in [-0.2, 0) is 29.9 Å². The summed E-state index contributed by atoms with van der Waals surface area (Å²) in [5.74, 6) is -0.710. The van der Waals surface area contributed by atoms with Crippen LogP contribution in [0.4, 0.5) is 0 Å². The van der Waals surface area contributed by atoms with Crippen LogP contribution in [0.25, 0.3) is 0 Å². The SMILES string of the molecule is COC(=O)[C@@H](CC[S@@](=O)c1ccccc1)NC(=O)[C@@H]1CCOC1. The van der Waals surface area contributed by atoms with Crippen molar-refractivity contribution >= 4 is 22.7 Å². The lowest BCUT2D eigenvalue weighted by Gasteiger charge is -2.18. The third-order valence-corrected chi connectivity index (χ3v) is 5.11. The summed E-state index contributed by atoms with van der Waals surface area (Å²) in [7, 11) is 0.0491. The van der Waals surface area contributed by atoms with E-state index in [0.717, 1.165) is 0 Å². The van der Waals surface area contributed by atoms with Crippen molar-refractivity contribution in [1.29, 1.82) is 0 Å². The molecule has 0 saturated carbocycles. The molecule has 1 fully saturated rings. The zero-order valence-corrected chi connectivity index (χ0v) is 13.8. The van der Waals surface area contributed by atoms with Gasteiger partial charge in [-0.15, -0.1) is 0 Å². The van der Waals surface area contributed by atoms with Gasteiger partial charge in [0.05, 0.1) is 30.4 Å². The molecule has 6 nitrogen and oxygen atoms in total. The van der Waals surface area contributed by atoms with E-state index < -0.39 is 22.8 Å². The zero-order chi connectivity index (χ0) is 16.7. The Labute approximate surface area is 138 Å². The van der Waals surface area contributed by atoms with Crippen LogP contribution in [0, 0.1) is 5.92 Å². The molecule has 0 aromatic heterocycles. The minimum absolute atomic E-state index is 0.219. The minimum atomic E-state index is -1.22. The number of amides is 1. The summed E-state index contributed by atoms with van der Waals surface area (Å²) in [5, 5.41) is 2.69. The highest BCUT2D eigenvalue weighted by Gasteiger charge is 2.28. The zero-order valence-electron chi connectivity index (χ0n) is 13.0. The molecule has 0 spiro atoms. The molecule has 23 heavy (non-hydrogen) atoms. The number of methoxy groups -OCH3 is 1. The van der Waals surface area contributed by atoms with Crippen molar-refractivity contribution in [2.45, 2.75) is 23.8 Å². The maximum absolute atomic E-state index is 12.2. The molecule has 2 rings (SSSR count). The molecule has 1 saturated heterocycles. The predicted molar refractivity (Wildman–Crippen MR) is 85.2 cm³/mol. The number of benzene rings is 1. The van der Waals surface area contributed by atoms with E-state index >= 15 is 0 Å². The van der Waals surface area contributed by atoms with Crippen LogP contribution in [0.5, 0.6) is 0 Å². The van der Waals surface area contributed by atoms with E-state index in [4.69, 9.17) is 9.47 Å². The molecule has 0 radical (unpaired) electrons. The molecule has 1 amide bonds. The summed E-state index contributed by atoms with van der Waals surface area (Å²) in [6, 6.07) is 8.23. The number of carbonyl (C=O) groups is 2. The second-order valence-electron chi connectivity index (χ2n) is 5.30. The number of esters is 1. The van der Waals surface area contributed by atoms with Crippen molar-refractivity contribution in [3.63, 3.8) is 0 Å². The van der Waals surface area contributed by atoms with Crippen LogP contribution < -0.4 is 5.32 Å². The van der Waals surface area contributed by atoms with Crippen LogP contribution in [0.15, 0.2) is 35.2 Å². The van der Waals surface area contributed by atoms with Crippen LogP contribution >= 0.6 is 0 Å². The third-order valence-electron chi connectivity index (χ3n) is 3.70. The van der Waals surface area contributed by atoms with Gasteiger partial charge in [0.2, 0.25) is 5.91 Å². The first kappa shape index (κ1) is 17.6. The second-order valence-corrected chi connectivity index (χ2v) is 6.87. The van der Waals surface area contributed by atoms with Crippen molar-refractivity contribution in [3.8, 4) is 0 Å². The summed E-state index contributed by atoms with van der Waals surface area (Å²) in [4.78, 5) is 24.7. The van der Waals surface area contributed by atoms with Crippen LogP contribution in [-0.4, -0.2) is 48.2 Å². The van der Waals surface area contributed by atoms with Gasteiger partial charge < -0.3 is 14.8 Å². The molecule has 0 aliphatic carbocycles. The van der Waals surface area contributed by atoms with E-state index in [0.29, 0.717) is 24.5 Å². The largest absolute Gasteiger partial charge is 0.467 e. The third kappa shape index (κ3) is 5.14. The molecule has 0 bridgehead atoms. The lowest BCUT2D eigenvalue weighted by atomic mass is 10.1. The Morgan fingerprint density at radius 3 is 2.74 bits per heavy atom. The minimum Gasteiger partial charge on any atom is -0.467 e. The summed E-state index contributed by atoms with van der Waals surface area (Å²) in [6.45, 7) is 0.925. The summed E-state index contributed by atoms with van der Waals surface area (Å²) in [6.07, 6.45) is 0.906. The van der Waals surface area contributed by atoms with Crippen LogP contribution in [0.3, 0.4) is 0 Å². The van der Waals surface area contributed by atoms with E-state index in [9.17, 15) is 13.8 Å². The van der Waals surface area contributed by atoms with Crippen molar-refractivity contribution < 1.29 is 23.3 Å². The first-order valence-corrected chi connectivity index (χ1v) is 8.83. The highest BCUT2D eigenvalue weighted by molar-refractivity contribution is 7.85. The summed E-state index contributed by atoms with van der Waals surface area (Å²) < 4.78 is 22.1. The van der Waals surface area contributed by atoms with E-state index in [2.05, 4.69) is 5.32 Å². The van der Waals surface area contributed by atoms with Gasteiger partial charge in [0.25, 0.3) is 0 Å². The molecule has 1 aromatic carbocycles. The molecule has 1 N–H and O–H groups in total. The monoisotopic (exact) mass is 339 g/mol. The fraction of sp³-hybridized carbons (Fsp3) is 0.500. The molecule has 3 atom stereocenters. The van der Waals surface area contributed by atoms with Gasteiger partial charge in [-0.2, -0.15) is 0 Å². The number of ether oxygens (including phenoxy) is 2. The van der Waals surface area contributed by atoms with Crippen LogP contribution in [0.1, 0.15) is 12.8 Å². The summed E-state index contributed by atoms with van der Waals surface area (Å²) in [5.41, 5.74) is 0. The van der Waals surface area contributed by atoms with Crippen LogP contribution in [0.2, 0.25) is 0 Å². The lowest BCUT2D eigenvalue weighted by molar-refractivity contribution is -0.145. The lowest BCUT2D eigenvalue weighted by Crippen LogP contribution is -2.45. The number of nitrogens with one attached hydrogen (secondary N) is 1. The van der Waals surface area contributed by atoms with Gasteiger partial charge in [-0.3, -0.25) is 9.00 Å². The molecule has 126 valence electrons. The number of carbonyl (C=O) groups excluding carboxylic acids is 2. The highest BCUT2D eigenvalue weighted by atomic mass is 32.2. The molecule has 1 heterocycles. The molecule has 1 aliphatic rings. The van der Waals surface area contributed by atoms with Crippen molar-refractivity contribution in [2.75, 3.05) is 26.1 Å². The molecule has 0 unspecified atom stereocenters. The summed E-state index contributed by atoms with van der Waals surface area (Å²) >= 11 is 0. The van der Waals surface area contributed by atoms with E-state index in [1.54, 1.807) is 12.1 Å². The molecular formula is C16H21NO5S. The fourth-order valence-corrected chi connectivity index (χ4v) is 3.48. The number of hydrogen-bond acceptors (Lipinski definition) is 5. The Kier molecular flexibility index (Phi) is 6.73. The molecule has 7 heteroatoms. The van der Waals surface area contributed by atoms with Crippen molar-refractivity contribution in [3.05, 3.63) is 30.3 Å². The molecular weight excluding hydrogens is 318 g/mol. The Bertz CT molecular complexity index is 557. The van der Waals surface area contributed by atoms with Gasteiger partial charge in [-0.05, 0) is 25.0 Å². The molecule has 1 aromatic rings. The number of hydrogen-bond donors (Lipinski definition) is 1. The van der Waals surface area contributed by atoms with E-state index in [1.165, 1.54) is 7.11 Å². The number of rotatable bonds is 7. The quantitative estimate of drug-likeness (QED) is 0.746. The van der Waals surface area contributed by atoms with E-state index in [-0.39, 0.29) is 24.0 Å². The first-order valence-electron chi connectivity index (χ1n) is 7.51. The average molecular weight is 339 g/mol. The Morgan fingerprint density at radius 2 is 2.13 bits per heavy atom. The smallest absolute Gasteiger partial charge is 0.328 e. The maximum atomic E-state index is 12.2. The fourth-order valence-electron chi connectivity index (χ4n) is 2.34. The molecule has 1 aliphatic heterocycles. The van der Waals surface area contributed by atoms with Crippen molar-refractivity contribution in [1.82, 2.24) is 5.32 Å². The van der Waals surface area contributed by atoms with Gasteiger partial charge in [-0.1, -0.05) is 18.2 Å². The Morgan fingerprint density at radius 1 is 1.39 bits per heavy atom. The maximum Gasteiger partial charge on any atom is 0.328 e. The first-order chi connectivity index (χ1) is 11.1. The predicted octanol–water partition coefficient (Wildman–Crippen LogP) is 0.879. The second kappa shape index (κ2) is 8.79. The highest BCUT2D eigenvalue weighted by Crippen LogP contribution is 2.13. The van der Waals surface area contributed by atoms with Gasteiger partial charge >= 0.3 is 5.97 Å².